The molecule has 0 aromatic heterocycles. The topological polar surface area (TPSA) is 36.7 Å². The highest BCUT2D eigenvalue weighted by molar-refractivity contribution is 5.28. The summed E-state index contributed by atoms with van der Waals surface area (Å²) in [4.78, 5) is 0. The fourth-order valence-corrected chi connectivity index (χ4v) is 1.94. The van der Waals surface area contributed by atoms with E-state index >= 15 is 0 Å². The number of nitrogens with one attached hydrogen (secondary N) is 1. The lowest BCUT2D eigenvalue weighted by atomic mass is 9.98. The van der Waals surface area contributed by atoms with E-state index in [0.717, 1.165) is 31.6 Å². The highest BCUT2D eigenvalue weighted by atomic mass is 16.5. The van der Waals surface area contributed by atoms with Crippen molar-refractivity contribution >= 4 is 0 Å². The first-order chi connectivity index (χ1) is 7.29. The van der Waals surface area contributed by atoms with Gasteiger partial charge in [0.1, 0.15) is 5.75 Å². The lowest BCUT2D eigenvalue weighted by molar-refractivity contribution is -0.920. The van der Waals surface area contributed by atoms with Gasteiger partial charge < -0.3 is 15.0 Å². The van der Waals surface area contributed by atoms with Gasteiger partial charge in [0.15, 0.2) is 0 Å². The van der Waals surface area contributed by atoms with Crippen LogP contribution in [0.1, 0.15) is 18.4 Å². The first kappa shape index (κ1) is 10.5. The number of rotatable bonds is 4. The van der Waals surface area contributed by atoms with Gasteiger partial charge in [-0.25, -0.2) is 0 Å². The van der Waals surface area contributed by atoms with Crippen molar-refractivity contribution in [2.75, 3.05) is 13.7 Å². The van der Waals surface area contributed by atoms with Crippen LogP contribution in [0.5, 0.6) is 5.75 Å². The molecule has 1 aromatic carbocycles. The number of hydrogen-bond donors (Lipinski definition) is 1. The molecule has 3 nitrogen and oxygen atoms in total. The zero-order valence-corrected chi connectivity index (χ0v) is 9.03. The van der Waals surface area contributed by atoms with Crippen molar-refractivity contribution in [3.8, 4) is 5.75 Å². The minimum Gasteiger partial charge on any atom is -0.634 e. The van der Waals surface area contributed by atoms with Gasteiger partial charge in [-0.3, -0.25) is 0 Å². The Morgan fingerprint density at radius 2 is 2.40 bits per heavy atom. The molecular weight excluding hydrogens is 190 g/mol. The normalized spacial score (nSPS) is 24.7. The predicted octanol–water partition coefficient (Wildman–Crippen LogP) is 0.783. The Balaban J connectivity index is 1.87. The number of methoxy groups -OCH3 is 1. The molecule has 1 fully saturated rings. The molecule has 0 radical (unpaired) electrons. The molecule has 2 unspecified atom stereocenters. The third kappa shape index (κ3) is 2.49. The summed E-state index contributed by atoms with van der Waals surface area (Å²) in [5, 5.41) is 11.6. The summed E-state index contributed by atoms with van der Waals surface area (Å²) in [5.74, 6) is 0.896. The second-order valence-corrected chi connectivity index (χ2v) is 4.09. The monoisotopic (exact) mass is 207 g/mol. The summed E-state index contributed by atoms with van der Waals surface area (Å²) in [6, 6.07) is 8.40. The van der Waals surface area contributed by atoms with E-state index in [1.54, 1.807) is 7.11 Å². The fraction of sp³-hybridized carbons (Fsp3) is 0.500. The second-order valence-electron chi connectivity index (χ2n) is 4.09. The van der Waals surface area contributed by atoms with Crippen LogP contribution in [0.3, 0.4) is 0 Å². The smallest absolute Gasteiger partial charge is 0.119 e. The molecule has 82 valence electrons. The number of ether oxygens (including phenoxy) is 1. The van der Waals surface area contributed by atoms with Gasteiger partial charge >= 0.3 is 0 Å². The fourth-order valence-electron chi connectivity index (χ4n) is 1.94. The third-order valence-electron chi connectivity index (χ3n) is 3.11. The number of hydrogen-bond acceptors (Lipinski definition) is 2. The van der Waals surface area contributed by atoms with E-state index in [0.29, 0.717) is 11.1 Å². The second kappa shape index (κ2) is 4.64. The van der Waals surface area contributed by atoms with Crippen molar-refractivity contribution < 1.29 is 9.80 Å². The molecule has 0 bridgehead atoms. The molecule has 0 amide bonds. The van der Waals surface area contributed by atoms with Crippen LogP contribution in [0.2, 0.25) is 0 Å². The van der Waals surface area contributed by atoms with Crippen LogP contribution in [0.25, 0.3) is 0 Å². The molecule has 1 aliphatic rings. The Morgan fingerprint density at radius 1 is 1.53 bits per heavy atom. The molecule has 1 N–H and O–H groups in total. The zero-order valence-electron chi connectivity index (χ0n) is 9.03. The predicted molar refractivity (Wildman–Crippen MR) is 58.9 cm³/mol. The van der Waals surface area contributed by atoms with Gasteiger partial charge in [0, 0.05) is 12.8 Å². The van der Waals surface area contributed by atoms with Gasteiger partial charge in [0.2, 0.25) is 0 Å². The minimum atomic E-state index is 0.330. The molecule has 15 heavy (non-hydrogen) atoms. The lowest BCUT2D eigenvalue weighted by Gasteiger charge is -2.40. The van der Waals surface area contributed by atoms with E-state index in [1.165, 1.54) is 5.56 Å². The Bertz CT molecular complexity index is 327. The van der Waals surface area contributed by atoms with Gasteiger partial charge in [-0.2, -0.15) is 0 Å². The highest BCUT2D eigenvalue weighted by Gasteiger charge is 2.25. The van der Waals surface area contributed by atoms with Crippen molar-refractivity contribution in [2.45, 2.75) is 25.3 Å². The summed E-state index contributed by atoms with van der Waals surface area (Å²) < 4.78 is 5.16. The van der Waals surface area contributed by atoms with Gasteiger partial charge in [-0.1, -0.05) is 12.1 Å². The van der Waals surface area contributed by atoms with Crippen LogP contribution < -0.4 is 9.80 Å². The number of hydroxylamine groups is 2. The largest absolute Gasteiger partial charge is 0.634 e. The molecule has 1 saturated heterocycles. The molecular formula is C12H17NO2. The van der Waals surface area contributed by atoms with Gasteiger partial charge in [-0.05, 0) is 24.1 Å². The van der Waals surface area contributed by atoms with E-state index in [2.05, 4.69) is 6.07 Å². The summed E-state index contributed by atoms with van der Waals surface area (Å²) in [5.41, 5.74) is 1.26. The molecule has 2 atom stereocenters. The van der Waals surface area contributed by atoms with E-state index in [4.69, 9.17) is 4.74 Å². The lowest BCUT2D eigenvalue weighted by Crippen LogP contribution is -3.17. The first-order valence-corrected chi connectivity index (χ1v) is 5.45. The summed E-state index contributed by atoms with van der Waals surface area (Å²) in [6.45, 7) is 0.794. The summed E-state index contributed by atoms with van der Waals surface area (Å²) in [7, 11) is 1.68. The molecule has 1 aliphatic heterocycles. The Labute approximate surface area is 90.2 Å². The van der Waals surface area contributed by atoms with Crippen molar-refractivity contribution in [1.29, 1.82) is 0 Å². The van der Waals surface area contributed by atoms with Crippen LogP contribution in [-0.2, 0) is 6.42 Å². The molecule has 0 spiro atoms. The van der Waals surface area contributed by atoms with Gasteiger partial charge in [-0.15, -0.1) is 0 Å². The number of aryl methyl sites for hydroxylation is 1. The van der Waals surface area contributed by atoms with Crippen LogP contribution in [0.4, 0.5) is 0 Å². The van der Waals surface area contributed by atoms with Crippen molar-refractivity contribution in [1.82, 2.24) is 0 Å². The Kier molecular flexibility index (Phi) is 3.23. The van der Waals surface area contributed by atoms with Gasteiger partial charge in [0.05, 0.1) is 19.7 Å². The maximum Gasteiger partial charge on any atom is 0.119 e. The highest BCUT2D eigenvalue weighted by Crippen LogP contribution is 2.15. The Hall–Kier alpha value is -1.06. The van der Waals surface area contributed by atoms with Crippen LogP contribution in [0, 0.1) is 5.21 Å². The molecule has 3 heteroatoms. The first-order valence-electron chi connectivity index (χ1n) is 5.45. The average molecular weight is 207 g/mol. The van der Waals surface area contributed by atoms with E-state index < -0.39 is 0 Å². The molecule has 0 aliphatic carbocycles. The van der Waals surface area contributed by atoms with Gasteiger partial charge in [0.25, 0.3) is 0 Å². The van der Waals surface area contributed by atoms with Crippen molar-refractivity contribution in [2.24, 2.45) is 0 Å². The number of quaternary nitrogens is 1. The van der Waals surface area contributed by atoms with E-state index in [9.17, 15) is 5.21 Å². The quantitative estimate of drug-likeness (QED) is 0.741. The summed E-state index contributed by atoms with van der Waals surface area (Å²) in [6.07, 6.45) is 3.06. The van der Waals surface area contributed by atoms with Crippen molar-refractivity contribution in [3.63, 3.8) is 0 Å². The standard InChI is InChI=1S/C12H17NO2/c1-15-12-4-2-3-10(9-12)5-6-11-7-8-13(11)14/h2-4,9,11,13H,5-8H2,1H3. The number of benzene rings is 1. The zero-order chi connectivity index (χ0) is 10.7. The van der Waals surface area contributed by atoms with E-state index in [-0.39, 0.29) is 0 Å². The van der Waals surface area contributed by atoms with Crippen LogP contribution in [0.15, 0.2) is 24.3 Å². The Morgan fingerprint density at radius 3 is 3.00 bits per heavy atom. The maximum absolute atomic E-state index is 11.2. The average Bonchev–Trinajstić information content (AvgIpc) is 2.27. The SMILES string of the molecule is COc1cccc(CCC2CC[NH+]2[O-])c1. The van der Waals surface area contributed by atoms with Crippen LogP contribution >= 0.6 is 0 Å². The maximum atomic E-state index is 11.2. The van der Waals surface area contributed by atoms with Crippen molar-refractivity contribution in [3.05, 3.63) is 35.0 Å². The molecule has 2 rings (SSSR count). The van der Waals surface area contributed by atoms with Crippen LogP contribution in [-0.4, -0.2) is 19.7 Å². The molecule has 1 aromatic rings. The third-order valence-corrected chi connectivity index (χ3v) is 3.11. The molecule has 1 heterocycles. The summed E-state index contributed by atoms with van der Waals surface area (Å²) >= 11 is 0. The van der Waals surface area contributed by atoms with E-state index in [1.807, 2.05) is 18.2 Å². The molecule has 0 saturated carbocycles. The minimum absolute atomic E-state index is 0.330.